The molecule has 2 saturated heterocycles. The van der Waals surface area contributed by atoms with E-state index < -0.39 is 0 Å². The van der Waals surface area contributed by atoms with E-state index in [9.17, 15) is 0 Å². The van der Waals surface area contributed by atoms with E-state index in [0.29, 0.717) is 0 Å². The third kappa shape index (κ3) is 2.94. The van der Waals surface area contributed by atoms with Gasteiger partial charge in [0.25, 0.3) is 0 Å². The van der Waals surface area contributed by atoms with Crippen molar-refractivity contribution in [3.05, 3.63) is 0 Å². The molecule has 0 radical (unpaired) electrons. The Bertz CT molecular complexity index is 270. The van der Waals surface area contributed by atoms with Crippen molar-refractivity contribution >= 4 is 15.9 Å². The Morgan fingerprint density at radius 1 is 0.944 bits per heavy atom. The van der Waals surface area contributed by atoms with E-state index in [0.717, 1.165) is 49.3 Å². The summed E-state index contributed by atoms with van der Waals surface area (Å²) in [7, 11) is 0. The first-order valence-corrected chi connectivity index (χ1v) is 8.55. The summed E-state index contributed by atoms with van der Waals surface area (Å²) < 4.78 is 11.7. The van der Waals surface area contributed by atoms with Crippen molar-refractivity contribution in [2.24, 2.45) is 11.8 Å². The molecular formula is C15H25BrO2. The van der Waals surface area contributed by atoms with E-state index in [1.807, 2.05) is 0 Å². The molecule has 0 amide bonds. The summed E-state index contributed by atoms with van der Waals surface area (Å²) in [4.78, 5) is 0.768. The zero-order chi connectivity index (χ0) is 12.4. The second-order valence-electron chi connectivity index (χ2n) is 6.42. The molecule has 2 aliphatic heterocycles. The van der Waals surface area contributed by atoms with Gasteiger partial charge in [-0.3, -0.25) is 0 Å². The van der Waals surface area contributed by atoms with E-state index in [4.69, 9.17) is 9.47 Å². The Morgan fingerprint density at radius 3 is 2.56 bits per heavy atom. The van der Waals surface area contributed by atoms with Crippen LogP contribution >= 0.6 is 15.9 Å². The summed E-state index contributed by atoms with van der Waals surface area (Å²) >= 11 is 3.83. The van der Waals surface area contributed by atoms with Crippen LogP contribution in [-0.2, 0) is 9.47 Å². The van der Waals surface area contributed by atoms with Crippen LogP contribution in [-0.4, -0.2) is 30.2 Å². The van der Waals surface area contributed by atoms with E-state index in [1.165, 1.54) is 38.5 Å². The maximum atomic E-state index is 6.16. The predicted octanol–water partition coefficient (Wildman–Crippen LogP) is 3.92. The molecule has 2 heterocycles. The fourth-order valence-corrected chi connectivity index (χ4v) is 4.96. The minimum atomic E-state index is 0.181. The van der Waals surface area contributed by atoms with Crippen molar-refractivity contribution in [1.82, 2.24) is 0 Å². The minimum absolute atomic E-state index is 0.181. The van der Waals surface area contributed by atoms with Crippen LogP contribution < -0.4 is 0 Å². The molecule has 104 valence electrons. The van der Waals surface area contributed by atoms with E-state index >= 15 is 0 Å². The van der Waals surface area contributed by atoms with Gasteiger partial charge in [-0.15, -0.1) is 0 Å². The maximum absolute atomic E-state index is 6.16. The monoisotopic (exact) mass is 316 g/mol. The van der Waals surface area contributed by atoms with Gasteiger partial charge >= 0.3 is 0 Å². The zero-order valence-electron chi connectivity index (χ0n) is 11.2. The molecule has 0 aromatic carbocycles. The van der Waals surface area contributed by atoms with Gasteiger partial charge in [-0.2, -0.15) is 0 Å². The summed E-state index contributed by atoms with van der Waals surface area (Å²) in [6.07, 6.45) is 10.4. The lowest BCUT2D eigenvalue weighted by atomic mass is 9.71. The Kier molecular flexibility index (Phi) is 4.32. The first-order valence-electron chi connectivity index (χ1n) is 7.63. The van der Waals surface area contributed by atoms with Crippen molar-refractivity contribution in [3.8, 4) is 0 Å². The summed E-state index contributed by atoms with van der Waals surface area (Å²) in [6, 6.07) is 0. The molecule has 3 rings (SSSR count). The minimum Gasteiger partial charge on any atom is -0.381 e. The number of rotatable bonds is 1. The quantitative estimate of drug-likeness (QED) is 0.683. The lowest BCUT2D eigenvalue weighted by molar-refractivity contribution is -0.153. The molecule has 3 unspecified atom stereocenters. The highest BCUT2D eigenvalue weighted by atomic mass is 79.9. The summed E-state index contributed by atoms with van der Waals surface area (Å²) in [5.74, 6) is 1.84. The van der Waals surface area contributed by atoms with Crippen molar-refractivity contribution in [3.63, 3.8) is 0 Å². The fourth-order valence-electron chi connectivity index (χ4n) is 4.15. The average Bonchev–Trinajstić information content (AvgIpc) is 2.40. The molecule has 18 heavy (non-hydrogen) atoms. The van der Waals surface area contributed by atoms with Gasteiger partial charge in [0, 0.05) is 24.6 Å². The number of ether oxygens (including phenoxy) is 2. The SMILES string of the molecule is BrC1CCCC(C2CCOC3(CCOCC3)C2)C1. The van der Waals surface area contributed by atoms with E-state index in [-0.39, 0.29) is 5.60 Å². The summed E-state index contributed by atoms with van der Waals surface area (Å²) in [5, 5.41) is 0. The van der Waals surface area contributed by atoms with Gasteiger partial charge in [-0.05, 0) is 50.4 Å². The van der Waals surface area contributed by atoms with Crippen LogP contribution in [0.1, 0.15) is 51.4 Å². The molecule has 3 heteroatoms. The van der Waals surface area contributed by atoms with Gasteiger partial charge in [-0.25, -0.2) is 0 Å². The van der Waals surface area contributed by atoms with Crippen LogP contribution in [0.4, 0.5) is 0 Å². The molecular weight excluding hydrogens is 292 g/mol. The van der Waals surface area contributed by atoms with Crippen LogP contribution in [0.25, 0.3) is 0 Å². The Labute approximate surface area is 119 Å². The largest absolute Gasteiger partial charge is 0.381 e. The van der Waals surface area contributed by atoms with Gasteiger partial charge in [0.15, 0.2) is 0 Å². The number of hydrogen-bond acceptors (Lipinski definition) is 2. The smallest absolute Gasteiger partial charge is 0.0729 e. The second kappa shape index (κ2) is 5.80. The van der Waals surface area contributed by atoms with Crippen molar-refractivity contribution in [2.45, 2.75) is 61.8 Å². The number of hydrogen-bond donors (Lipinski definition) is 0. The van der Waals surface area contributed by atoms with E-state index in [1.54, 1.807) is 0 Å². The van der Waals surface area contributed by atoms with Gasteiger partial charge in [0.05, 0.1) is 5.60 Å². The van der Waals surface area contributed by atoms with Crippen molar-refractivity contribution in [1.29, 1.82) is 0 Å². The maximum Gasteiger partial charge on any atom is 0.0729 e. The van der Waals surface area contributed by atoms with Crippen molar-refractivity contribution < 1.29 is 9.47 Å². The van der Waals surface area contributed by atoms with Gasteiger partial charge in [-0.1, -0.05) is 28.8 Å². The average molecular weight is 317 g/mol. The van der Waals surface area contributed by atoms with Crippen LogP contribution in [0.15, 0.2) is 0 Å². The Hall–Kier alpha value is 0.400. The molecule has 0 aromatic heterocycles. The van der Waals surface area contributed by atoms with Gasteiger partial charge in [0.1, 0.15) is 0 Å². The summed E-state index contributed by atoms with van der Waals surface area (Å²) in [5.41, 5.74) is 0.181. The second-order valence-corrected chi connectivity index (χ2v) is 7.72. The molecule has 3 aliphatic rings. The lowest BCUT2D eigenvalue weighted by Crippen LogP contribution is -2.46. The molecule has 1 spiro atoms. The predicted molar refractivity (Wildman–Crippen MR) is 76.1 cm³/mol. The highest BCUT2D eigenvalue weighted by Gasteiger charge is 2.41. The molecule has 3 fully saturated rings. The Morgan fingerprint density at radius 2 is 1.78 bits per heavy atom. The third-order valence-corrected chi connectivity index (χ3v) is 6.08. The molecule has 1 aliphatic carbocycles. The standard InChI is InChI=1S/C15H25BrO2/c16-14-3-1-2-12(10-14)13-4-7-18-15(11-13)5-8-17-9-6-15/h12-14H,1-11H2. The molecule has 2 nitrogen and oxygen atoms in total. The van der Waals surface area contributed by atoms with E-state index in [2.05, 4.69) is 15.9 Å². The molecule has 0 bridgehead atoms. The zero-order valence-corrected chi connectivity index (χ0v) is 12.8. The highest BCUT2D eigenvalue weighted by Crippen LogP contribution is 2.44. The molecule has 0 N–H and O–H groups in total. The highest BCUT2D eigenvalue weighted by molar-refractivity contribution is 9.09. The number of halogens is 1. The Balaban J connectivity index is 1.62. The third-order valence-electron chi connectivity index (χ3n) is 5.25. The van der Waals surface area contributed by atoms with Gasteiger partial charge in [0.2, 0.25) is 0 Å². The molecule has 1 saturated carbocycles. The first kappa shape index (κ1) is 13.4. The van der Waals surface area contributed by atoms with Crippen molar-refractivity contribution in [2.75, 3.05) is 19.8 Å². The first-order chi connectivity index (χ1) is 8.77. The van der Waals surface area contributed by atoms with Crippen LogP contribution in [0.3, 0.4) is 0 Å². The summed E-state index contributed by atoms with van der Waals surface area (Å²) in [6.45, 7) is 2.78. The van der Waals surface area contributed by atoms with Gasteiger partial charge < -0.3 is 9.47 Å². The van der Waals surface area contributed by atoms with Crippen LogP contribution in [0, 0.1) is 11.8 Å². The van der Waals surface area contributed by atoms with Crippen LogP contribution in [0.2, 0.25) is 0 Å². The molecule has 3 atom stereocenters. The lowest BCUT2D eigenvalue weighted by Gasteiger charge is -2.46. The topological polar surface area (TPSA) is 18.5 Å². The van der Waals surface area contributed by atoms with Crippen LogP contribution in [0.5, 0.6) is 0 Å². The normalized spacial score (nSPS) is 40.8. The number of alkyl halides is 1. The fraction of sp³-hybridized carbons (Fsp3) is 1.00. The molecule has 0 aromatic rings.